The smallest absolute Gasteiger partial charge is 0.324 e. The molecule has 0 spiro atoms. The van der Waals surface area contributed by atoms with Crippen molar-refractivity contribution in [3.05, 3.63) is 48.5 Å². The van der Waals surface area contributed by atoms with Gasteiger partial charge < -0.3 is 19.2 Å². The summed E-state index contributed by atoms with van der Waals surface area (Å²) >= 11 is 0. The van der Waals surface area contributed by atoms with E-state index in [-0.39, 0.29) is 12.0 Å². The fourth-order valence-corrected chi connectivity index (χ4v) is 2.40. The van der Waals surface area contributed by atoms with Crippen LogP contribution in [0.2, 0.25) is 0 Å². The minimum atomic E-state index is 0.169. The van der Waals surface area contributed by atoms with Crippen LogP contribution in [0.5, 0.6) is 12.0 Å². The number of ether oxygens (including phenoxy) is 2. The lowest BCUT2D eigenvalue weighted by Crippen LogP contribution is -2.03. The highest BCUT2D eigenvalue weighted by atomic mass is 16.5. The van der Waals surface area contributed by atoms with Gasteiger partial charge in [0.2, 0.25) is 11.8 Å². The Morgan fingerprint density at radius 3 is 2.15 bits per heavy atom. The van der Waals surface area contributed by atoms with Crippen LogP contribution in [0.1, 0.15) is 0 Å². The number of nitrogens with one attached hydrogen (secondary N) is 1. The first kappa shape index (κ1) is 15.8. The van der Waals surface area contributed by atoms with Gasteiger partial charge in [-0.1, -0.05) is 12.1 Å². The third kappa shape index (κ3) is 3.12. The Morgan fingerprint density at radius 2 is 1.50 bits per heavy atom. The topological polar surface area (TPSA) is 95.2 Å². The number of nitrogens with zero attached hydrogens (tertiary/aromatic N) is 4. The zero-order valence-corrected chi connectivity index (χ0v) is 14.1. The summed E-state index contributed by atoms with van der Waals surface area (Å²) in [6.45, 7) is 0. The number of hydrogen-bond acceptors (Lipinski definition) is 8. The van der Waals surface area contributed by atoms with Gasteiger partial charge in [-0.3, -0.25) is 0 Å². The van der Waals surface area contributed by atoms with Gasteiger partial charge in [-0.25, -0.2) is 4.98 Å². The van der Waals surface area contributed by atoms with E-state index in [2.05, 4.69) is 25.3 Å². The molecule has 2 aromatic carbocycles. The van der Waals surface area contributed by atoms with E-state index in [9.17, 15) is 0 Å². The zero-order chi connectivity index (χ0) is 17.9. The van der Waals surface area contributed by atoms with E-state index < -0.39 is 0 Å². The summed E-state index contributed by atoms with van der Waals surface area (Å²) in [5.74, 6) is 0.893. The van der Waals surface area contributed by atoms with Crippen LogP contribution in [0.15, 0.2) is 52.9 Å². The fraction of sp³-hybridized carbons (Fsp3) is 0.111. The highest BCUT2D eigenvalue weighted by Gasteiger charge is 2.09. The van der Waals surface area contributed by atoms with Crippen molar-refractivity contribution in [3.63, 3.8) is 0 Å². The van der Waals surface area contributed by atoms with Gasteiger partial charge in [0.05, 0.1) is 14.2 Å². The molecule has 2 aromatic heterocycles. The maximum absolute atomic E-state index is 5.78. The van der Waals surface area contributed by atoms with Crippen LogP contribution in [0, 0.1) is 0 Å². The van der Waals surface area contributed by atoms with E-state index in [4.69, 9.17) is 13.9 Å². The van der Waals surface area contributed by atoms with E-state index in [0.29, 0.717) is 11.8 Å². The largest absolute Gasteiger partial charge is 0.467 e. The molecule has 0 aliphatic carbocycles. The average molecular weight is 349 g/mol. The molecular formula is C18H15N5O3. The molecule has 130 valence electrons. The van der Waals surface area contributed by atoms with Crippen LogP contribution >= 0.6 is 0 Å². The Balaban J connectivity index is 1.58. The van der Waals surface area contributed by atoms with Crippen molar-refractivity contribution in [2.24, 2.45) is 0 Å². The lowest BCUT2D eigenvalue weighted by molar-refractivity contribution is 0.341. The van der Waals surface area contributed by atoms with Crippen LogP contribution in [-0.2, 0) is 0 Å². The van der Waals surface area contributed by atoms with Crippen molar-refractivity contribution in [3.8, 4) is 23.5 Å². The Kier molecular flexibility index (Phi) is 4.06. The second-order valence-electron chi connectivity index (χ2n) is 5.32. The van der Waals surface area contributed by atoms with Gasteiger partial charge in [-0.2, -0.15) is 9.97 Å². The summed E-state index contributed by atoms with van der Waals surface area (Å²) in [4.78, 5) is 16.7. The van der Waals surface area contributed by atoms with E-state index in [1.54, 1.807) is 0 Å². The first-order valence-electron chi connectivity index (χ1n) is 7.82. The summed E-state index contributed by atoms with van der Waals surface area (Å²) in [5, 5.41) is 3.09. The van der Waals surface area contributed by atoms with E-state index in [0.717, 1.165) is 22.4 Å². The number of anilines is 2. The molecule has 0 unspecified atom stereocenters. The third-order valence-electron chi connectivity index (χ3n) is 3.64. The number of aromatic nitrogens is 4. The summed E-state index contributed by atoms with van der Waals surface area (Å²) in [5.41, 5.74) is 3.25. The molecule has 0 aliphatic heterocycles. The zero-order valence-electron chi connectivity index (χ0n) is 14.1. The molecule has 0 atom stereocenters. The van der Waals surface area contributed by atoms with Crippen molar-refractivity contribution < 1.29 is 13.9 Å². The van der Waals surface area contributed by atoms with Crippen molar-refractivity contribution in [2.45, 2.75) is 0 Å². The van der Waals surface area contributed by atoms with Crippen molar-refractivity contribution >= 4 is 22.7 Å². The first-order chi connectivity index (χ1) is 12.7. The molecule has 0 bridgehead atoms. The summed E-state index contributed by atoms with van der Waals surface area (Å²) < 4.78 is 15.9. The van der Waals surface area contributed by atoms with Gasteiger partial charge in [-0.05, 0) is 36.4 Å². The number of oxazole rings is 1. The molecule has 0 fully saturated rings. The maximum Gasteiger partial charge on any atom is 0.324 e. The molecule has 8 nitrogen and oxygen atoms in total. The first-order valence-corrected chi connectivity index (χ1v) is 7.82. The van der Waals surface area contributed by atoms with Gasteiger partial charge >= 0.3 is 12.0 Å². The molecule has 4 rings (SSSR count). The average Bonchev–Trinajstić information content (AvgIpc) is 3.12. The molecular weight excluding hydrogens is 334 g/mol. The van der Waals surface area contributed by atoms with Crippen LogP contribution in [0.3, 0.4) is 0 Å². The minimum Gasteiger partial charge on any atom is -0.467 e. The van der Waals surface area contributed by atoms with Gasteiger partial charge in [0.1, 0.15) is 5.52 Å². The van der Waals surface area contributed by atoms with Crippen molar-refractivity contribution in [2.75, 3.05) is 19.5 Å². The predicted octanol–water partition coefficient (Wildman–Crippen LogP) is 3.44. The standard InChI is InChI=1S/C18H15N5O3/c1-24-17-21-16(22-18(23-17)25-2)19-12-9-7-11(8-10-12)15-20-13-5-3-4-6-14(13)26-15/h3-10H,1-2H3,(H,19,21,22,23). The minimum absolute atomic E-state index is 0.169. The Bertz CT molecular complexity index is 991. The summed E-state index contributed by atoms with van der Waals surface area (Å²) in [6, 6.07) is 15.6. The number of benzene rings is 2. The number of fused-ring (bicyclic) bond motifs is 1. The second kappa shape index (κ2) is 6.67. The second-order valence-corrected chi connectivity index (χ2v) is 5.32. The molecule has 1 N–H and O–H groups in total. The lowest BCUT2D eigenvalue weighted by atomic mass is 10.2. The number of para-hydroxylation sites is 2. The SMILES string of the molecule is COc1nc(Nc2ccc(-c3nc4ccccc4o3)cc2)nc(OC)n1. The number of methoxy groups -OCH3 is 2. The van der Waals surface area contributed by atoms with E-state index in [1.807, 2.05) is 48.5 Å². The van der Waals surface area contributed by atoms with E-state index >= 15 is 0 Å². The van der Waals surface area contributed by atoms with Crippen molar-refractivity contribution in [1.29, 1.82) is 0 Å². The molecule has 4 aromatic rings. The van der Waals surface area contributed by atoms with Gasteiger partial charge in [0.15, 0.2) is 5.58 Å². The Morgan fingerprint density at radius 1 is 0.808 bits per heavy atom. The van der Waals surface area contributed by atoms with Crippen molar-refractivity contribution in [1.82, 2.24) is 19.9 Å². The third-order valence-corrected chi connectivity index (χ3v) is 3.64. The molecule has 8 heteroatoms. The predicted molar refractivity (Wildman–Crippen MR) is 95.7 cm³/mol. The highest BCUT2D eigenvalue weighted by Crippen LogP contribution is 2.26. The van der Waals surface area contributed by atoms with Crippen LogP contribution in [-0.4, -0.2) is 34.2 Å². The van der Waals surface area contributed by atoms with Gasteiger partial charge in [0, 0.05) is 11.3 Å². The molecule has 26 heavy (non-hydrogen) atoms. The fourth-order valence-electron chi connectivity index (χ4n) is 2.40. The molecule has 0 radical (unpaired) electrons. The van der Waals surface area contributed by atoms with Gasteiger partial charge in [0.25, 0.3) is 0 Å². The highest BCUT2D eigenvalue weighted by molar-refractivity contribution is 5.76. The molecule has 0 amide bonds. The van der Waals surface area contributed by atoms with Gasteiger partial charge in [-0.15, -0.1) is 4.98 Å². The lowest BCUT2D eigenvalue weighted by Gasteiger charge is -2.07. The summed E-state index contributed by atoms with van der Waals surface area (Å²) in [7, 11) is 2.96. The van der Waals surface area contributed by atoms with Crippen LogP contribution < -0.4 is 14.8 Å². The number of rotatable bonds is 5. The quantitative estimate of drug-likeness (QED) is 0.585. The summed E-state index contributed by atoms with van der Waals surface area (Å²) in [6.07, 6.45) is 0. The Hall–Kier alpha value is -3.68. The maximum atomic E-state index is 5.78. The Labute approximate surface area is 148 Å². The normalized spacial score (nSPS) is 10.7. The molecule has 0 saturated carbocycles. The van der Waals surface area contributed by atoms with Crippen LogP contribution in [0.25, 0.3) is 22.6 Å². The number of hydrogen-bond donors (Lipinski definition) is 1. The monoisotopic (exact) mass is 349 g/mol. The van der Waals surface area contributed by atoms with Crippen LogP contribution in [0.4, 0.5) is 11.6 Å². The molecule has 2 heterocycles. The molecule has 0 saturated heterocycles. The van der Waals surface area contributed by atoms with E-state index in [1.165, 1.54) is 14.2 Å². The molecule has 0 aliphatic rings.